The van der Waals surface area contributed by atoms with Crippen molar-refractivity contribution in [2.24, 2.45) is 0 Å². The first-order valence-electron chi connectivity index (χ1n) is 8.26. The molecule has 132 valence electrons. The second kappa shape index (κ2) is 7.23. The third-order valence-electron chi connectivity index (χ3n) is 4.27. The predicted octanol–water partition coefficient (Wildman–Crippen LogP) is 3.69. The van der Waals surface area contributed by atoms with Crippen molar-refractivity contribution < 1.29 is 14.1 Å². The summed E-state index contributed by atoms with van der Waals surface area (Å²) in [6.45, 7) is 3.07. The van der Waals surface area contributed by atoms with Gasteiger partial charge in [-0.25, -0.2) is 0 Å². The molecule has 1 fully saturated rings. The summed E-state index contributed by atoms with van der Waals surface area (Å²) in [5, 5.41) is 20.6. The summed E-state index contributed by atoms with van der Waals surface area (Å²) in [6, 6.07) is 9.97. The maximum Gasteiger partial charge on any atom is 0.280 e. The maximum absolute atomic E-state index is 12.3. The number of benzene rings is 1. The Morgan fingerprint density at radius 2 is 2.04 bits per heavy atom. The van der Waals surface area contributed by atoms with E-state index in [-0.39, 0.29) is 17.2 Å². The number of nitrogens with zero attached hydrogens (tertiary/aromatic N) is 3. The van der Waals surface area contributed by atoms with Crippen LogP contribution in [0.5, 0.6) is 0 Å². The lowest BCUT2D eigenvalue weighted by atomic mass is 10.1. The molecule has 1 aromatic heterocycles. The molecular formula is C19H17N3O4. The highest BCUT2D eigenvalue weighted by molar-refractivity contribution is 6.01. The number of carbonyl (C=O) groups is 1. The third-order valence-corrected chi connectivity index (χ3v) is 4.27. The molecule has 1 aromatic carbocycles. The molecule has 0 bridgehead atoms. The van der Waals surface area contributed by atoms with E-state index >= 15 is 0 Å². The van der Waals surface area contributed by atoms with Crippen LogP contribution in [0.15, 0.2) is 40.3 Å². The van der Waals surface area contributed by atoms with Crippen LogP contribution in [0.3, 0.4) is 0 Å². The first kappa shape index (κ1) is 17.4. The van der Waals surface area contributed by atoms with Gasteiger partial charge in [-0.15, -0.1) is 0 Å². The third kappa shape index (κ3) is 3.49. The number of nitriles is 1. The van der Waals surface area contributed by atoms with E-state index in [1.165, 1.54) is 12.1 Å². The summed E-state index contributed by atoms with van der Waals surface area (Å²) in [4.78, 5) is 24.8. The van der Waals surface area contributed by atoms with Gasteiger partial charge in [-0.2, -0.15) is 5.26 Å². The van der Waals surface area contributed by atoms with Crippen LogP contribution in [0.25, 0.3) is 17.4 Å². The van der Waals surface area contributed by atoms with E-state index in [9.17, 15) is 20.2 Å². The van der Waals surface area contributed by atoms with E-state index in [2.05, 4.69) is 0 Å². The van der Waals surface area contributed by atoms with Gasteiger partial charge < -0.3 is 9.32 Å². The Morgan fingerprint density at radius 3 is 2.69 bits per heavy atom. The number of nitro groups is 1. The summed E-state index contributed by atoms with van der Waals surface area (Å²) in [5.41, 5.74) is 1.06. The number of amides is 1. The maximum atomic E-state index is 12.3. The molecule has 0 saturated carbocycles. The highest BCUT2D eigenvalue weighted by Gasteiger charge is 2.22. The average molecular weight is 351 g/mol. The molecule has 7 heteroatoms. The number of hydrogen-bond donors (Lipinski definition) is 0. The Hall–Kier alpha value is -3.40. The number of furan rings is 1. The molecule has 2 heterocycles. The minimum Gasteiger partial charge on any atom is -0.456 e. The first-order valence-corrected chi connectivity index (χ1v) is 8.26. The lowest BCUT2D eigenvalue weighted by Gasteiger charge is -2.13. The number of aryl methyl sites for hydroxylation is 1. The van der Waals surface area contributed by atoms with Crippen LogP contribution in [0, 0.1) is 28.4 Å². The van der Waals surface area contributed by atoms with Crippen molar-refractivity contribution in [1.82, 2.24) is 4.90 Å². The molecular weight excluding hydrogens is 334 g/mol. The van der Waals surface area contributed by atoms with Crippen molar-refractivity contribution in [1.29, 1.82) is 5.26 Å². The Bertz CT molecular complexity index is 931. The zero-order valence-electron chi connectivity index (χ0n) is 14.3. The van der Waals surface area contributed by atoms with Crippen LogP contribution >= 0.6 is 0 Å². The van der Waals surface area contributed by atoms with E-state index in [0.29, 0.717) is 30.2 Å². The Morgan fingerprint density at radius 1 is 1.31 bits per heavy atom. The number of likely N-dealkylation sites (tertiary alicyclic amines) is 1. The largest absolute Gasteiger partial charge is 0.456 e. The van der Waals surface area contributed by atoms with Gasteiger partial charge in [0.15, 0.2) is 0 Å². The molecule has 7 nitrogen and oxygen atoms in total. The smallest absolute Gasteiger partial charge is 0.280 e. The van der Waals surface area contributed by atoms with Gasteiger partial charge in [0.1, 0.15) is 23.2 Å². The Balaban J connectivity index is 1.91. The number of carbonyl (C=O) groups excluding carboxylic acids is 1. The Kier molecular flexibility index (Phi) is 4.85. The fourth-order valence-electron chi connectivity index (χ4n) is 2.95. The van der Waals surface area contributed by atoms with Gasteiger partial charge in [-0.05, 0) is 43.5 Å². The topological polar surface area (TPSA) is 100 Å². The van der Waals surface area contributed by atoms with Gasteiger partial charge in [0, 0.05) is 25.2 Å². The molecule has 0 spiro atoms. The molecule has 1 aliphatic heterocycles. The normalized spacial score (nSPS) is 14.3. The number of nitro benzene ring substituents is 1. The average Bonchev–Trinajstić information content (AvgIpc) is 3.31. The van der Waals surface area contributed by atoms with E-state index < -0.39 is 4.92 Å². The van der Waals surface area contributed by atoms with Crippen molar-refractivity contribution >= 4 is 17.7 Å². The Labute approximate surface area is 150 Å². The van der Waals surface area contributed by atoms with Gasteiger partial charge in [0.25, 0.3) is 11.6 Å². The quantitative estimate of drug-likeness (QED) is 0.362. The zero-order chi connectivity index (χ0) is 18.7. The second-order valence-electron chi connectivity index (χ2n) is 6.15. The zero-order valence-corrected chi connectivity index (χ0v) is 14.3. The molecule has 0 unspecified atom stereocenters. The van der Waals surface area contributed by atoms with Crippen LogP contribution in [-0.2, 0) is 4.79 Å². The molecule has 1 aliphatic rings. The van der Waals surface area contributed by atoms with Gasteiger partial charge >= 0.3 is 0 Å². The molecule has 2 aromatic rings. The van der Waals surface area contributed by atoms with E-state index in [4.69, 9.17) is 4.42 Å². The van der Waals surface area contributed by atoms with Crippen LogP contribution < -0.4 is 0 Å². The minimum atomic E-state index is -0.460. The highest BCUT2D eigenvalue weighted by Crippen LogP contribution is 2.32. The predicted molar refractivity (Wildman–Crippen MR) is 94.9 cm³/mol. The van der Waals surface area contributed by atoms with E-state index in [0.717, 1.165) is 18.4 Å². The molecule has 3 rings (SSSR count). The van der Waals surface area contributed by atoms with Gasteiger partial charge in [-0.3, -0.25) is 14.9 Å². The standard InChI is InChI=1S/C19H17N3O4/c1-13-4-6-16(17(10-13)22(24)25)18-7-5-15(26-18)11-14(12-20)19(23)21-8-2-3-9-21/h4-7,10-11H,2-3,8-9H2,1H3/b14-11+. The number of hydrogen-bond acceptors (Lipinski definition) is 5. The van der Waals surface area contributed by atoms with E-state index in [1.807, 2.05) is 6.07 Å². The minimum absolute atomic E-state index is 0.00814. The van der Waals surface area contributed by atoms with Crippen molar-refractivity contribution in [2.75, 3.05) is 13.1 Å². The summed E-state index contributed by atoms with van der Waals surface area (Å²) in [7, 11) is 0. The lowest BCUT2D eigenvalue weighted by Crippen LogP contribution is -2.28. The molecule has 0 atom stereocenters. The highest BCUT2D eigenvalue weighted by atomic mass is 16.6. The summed E-state index contributed by atoms with van der Waals surface area (Å²) < 4.78 is 5.64. The van der Waals surface area contributed by atoms with Crippen molar-refractivity contribution in [3.63, 3.8) is 0 Å². The summed E-state index contributed by atoms with van der Waals surface area (Å²) in [5.74, 6) is 0.303. The first-order chi connectivity index (χ1) is 12.5. The van der Waals surface area contributed by atoms with Gasteiger partial charge in [-0.1, -0.05) is 6.07 Å². The molecule has 0 radical (unpaired) electrons. The van der Waals surface area contributed by atoms with Crippen LogP contribution in [-0.4, -0.2) is 28.8 Å². The second-order valence-corrected chi connectivity index (χ2v) is 6.15. The molecule has 0 N–H and O–H groups in total. The number of rotatable bonds is 4. The van der Waals surface area contributed by atoms with Crippen LogP contribution in [0.1, 0.15) is 24.2 Å². The van der Waals surface area contributed by atoms with Crippen molar-refractivity contribution in [2.45, 2.75) is 19.8 Å². The fourth-order valence-corrected chi connectivity index (χ4v) is 2.95. The lowest BCUT2D eigenvalue weighted by molar-refractivity contribution is -0.384. The SMILES string of the molecule is Cc1ccc(-c2ccc(/C=C(\C#N)C(=O)N3CCCC3)o2)c([N+](=O)[O-])c1. The summed E-state index contributed by atoms with van der Waals surface area (Å²) in [6.07, 6.45) is 3.25. The van der Waals surface area contributed by atoms with Crippen molar-refractivity contribution in [3.8, 4) is 17.4 Å². The molecule has 26 heavy (non-hydrogen) atoms. The fraction of sp³-hybridized carbons (Fsp3) is 0.263. The molecule has 1 amide bonds. The van der Waals surface area contributed by atoms with Crippen LogP contribution in [0.2, 0.25) is 0 Å². The molecule has 0 aliphatic carbocycles. The van der Waals surface area contributed by atoms with Crippen molar-refractivity contribution in [3.05, 3.63) is 57.3 Å². The molecule has 1 saturated heterocycles. The monoisotopic (exact) mass is 351 g/mol. The van der Waals surface area contributed by atoms with Gasteiger partial charge in [0.2, 0.25) is 0 Å². The summed E-state index contributed by atoms with van der Waals surface area (Å²) >= 11 is 0. The van der Waals surface area contributed by atoms with Crippen LogP contribution in [0.4, 0.5) is 5.69 Å². The van der Waals surface area contributed by atoms with Gasteiger partial charge in [0.05, 0.1) is 10.5 Å². The van der Waals surface area contributed by atoms with E-state index in [1.54, 1.807) is 36.1 Å².